The minimum Gasteiger partial charge on any atom is -0.491 e. The van der Waals surface area contributed by atoms with Gasteiger partial charge in [0.05, 0.1) is 10.5 Å². The molecule has 86 valence electrons. The molecule has 0 heterocycles. The molecule has 0 atom stereocenters. The molecule has 1 aliphatic carbocycles. The fraction of sp³-hybridized carbons (Fsp3) is 0.455. The van der Waals surface area contributed by atoms with Crippen molar-refractivity contribution in [3.8, 4) is 5.75 Å². The summed E-state index contributed by atoms with van der Waals surface area (Å²) in [6, 6.07) is 4.57. The molecule has 2 rings (SSSR count). The van der Waals surface area contributed by atoms with Crippen molar-refractivity contribution < 1.29 is 9.66 Å². The van der Waals surface area contributed by atoms with Crippen molar-refractivity contribution in [1.82, 2.24) is 0 Å². The first-order chi connectivity index (χ1) is 7.50. The smallest absolute Gasteiger partial charge is 0.269 e. The van der Waals surface area contributed by atoms with Crippen LogP contribution in [0.25, 0.3) is 0 Å². The molecule has 0 aromatic heterocycles. The third-order valence-electron chi connectivity index (χ3n) is 2.78. The highest BCUT2D eigenvalue weighted by atomic mass is 16.6. The molecule has 1 aromatic rings. The van der Waals surface area contributed by atoms with E-state index in [4.69, 9.17) is 10.5 Å². The number of nitrogens with zero attached hydrogens (tertiary/aromatic N) is 1. The fourth-order valence-corrected chi connectivity index (χ4v) is 1.44. The molecule has 1 aliphatic rings. The normalized spacial score (nSPS) is 16.9. The van der Waals surface area contributed by atoms with Gasteiger partial charge in [-0.1, -0.05) is 0 Å². The summed E-state index contributed by atoms with van der Waals surface area (Å²) in [6.45, 7) is 2.27. The molecule has 0 spiro atoms. The van der Waals surface area contributed by atoms with E-state index in [1.807, 2.05) is 0 Å². The topological polar surface area (TPSA) is 78.4 Å². The largest absolute Gasteiger partial charge is 0.491 e. The summed E-state index contributed by atoms with van der Waals surface area (Å²) >= 11 is 0. The summed E-state index contributed by atoms with van der Waals surface area (Å²) in [5, 5.41) is 10.5. The van der Waals surface area contributed by atoms with Crippen LogP contribution in [0, 0.1) is 17.0 Å². The number of rotatable bonds is 4. The van der Waals surface area contributed by atoms with Crippen LogP contribution in [0.1, 0.15) is 18.4 Å². The molecule has 16 heavy (non-hydrogen) atoms. The van der Waals surface area contributed by atoms with E-state index in [0.29, 0.717) is 12.4 Å². The second-order valence-electron chi connectivity index (χ2n) is 4.36. The van der Waals surface area contributed by atoms with E-state index < -0.39 is 4.92 Å². The Morgan fingerprint density at radius 1 is 1.56 bits per heavy atom. The van der Waals surface area contributed by atoms with E-state index in [0.717, 1.165) is 18.4 Å². The van der Waals surface area contributed by atoms with E-state index >= 15 is 0 Å². The fourth-order valence-electron chi connectivity index (χ4n) is 1.44. The van der Waals surface area contributed by atoms with Crippen molar-refractivity contribution in [2.24, 2.45) is 5.73 Å². The van der Waals surface area contributed by atoms with Crippen LogP contribution < -0.4 is 10.5 Å². The van der Waals surface area contributed by atoms with Crippen molar-refractivity contribution in [1.29, 1.82) is 0 Å². The van der Waals surface area contributed by atoms with Gasteiger partial charge in [-0.15, -0.1) is 0 Å². The summed E-state index contributed by atoms with van der Waals surface area (Å²) in [4.78, 5) is 10.1. The van der Waals surface area contributed by atoms with Crippen molar-refractivity contribution >= 4 is 5.69 Å². The Kier molecular flexibility index (Phi) is 2.55. The second-order valence-corrected chi connectivity index (χ2v) is 4.36. The van der Waals surface area contributed by atoms with E-state index in [1.54, 1.807) is 13.0 Å². The molecule has 1 fully saturated rings. The molecular weight excluding hydrogens is 208 g/mol. The molecule has 2 N–H and O–H groups in total. The predicted molar refractivity (Wildman–Crippen MR) is 59.5 cm³/mol. The van der Waals surface area contributed by atoms with Crippen LogP contribution in [-0.4, -0.2) is 17.1 Å². The molecule has 0 bridgehead atoms. The number of ether oxygens (including phenoxy) is 1. The van der Waals surface area contributed by atoms with Gasteiger partial charge in [0, 0.05) is 12.1 Å². The summed E-state index contributed by atoms with van der Waals surface area (Å²) < 4.78 is 5.55. The maximum Gasteiger partial charge on any atom is 0.269 e. The summed E-state index contributed by atoms with van der Waals surface area (Å²) in [7, 11) is 0. The molecule has 0 amide bonds. The number of hydrogen-bond donors (Lipinski definition) is 1. The SMILES string of the molecule is Cc1cc([N+](=O)[O-])ccc1OCC1(N)CC1. The Balaban J connectivity index is 2.07. The maximum absolute atomic E-state index is 10.5. The number of hydrogen-bond acceptors (Lipinski definition) is 4. The van der Waals surface area contributed by atoms with Gasteiger partial charge in [0.1, 0.15) is 12.4 Å². The van der Waals surface area contributed by atoms with Gasteiger partial charge in [-0.3, -0.25) is 10.1 Å². The average Bonchev–Trinajstić information content (AvgIpc) is 2.95. The number of nitro groups is 1. The third kappa shape index (κ3) is 2.30. The lowest BCUT2D eigenvalue weighted by atomic mass is 10.2. The van der Waals surface area contributed by atoms with Crippen LogP contribution in [0.4, 0.5) is 5.69 Å². The first kappa shape index (κ1) is 10.9. The second kappa shape index (κ2) is 3.75. The quantitative estimate of drug-likeness (QED) is 0.622. The Morgan fingerprint density at radius 3 is 2.75 bits per heavy atom. The van der Waals surface area contributed by atoms with Crippen molar-refractivity contribution in [2.75, 3.05) is 6.61 Å². The van der Waals surface area contributed by atoms with Crippen LogP contribution in [0.3, 0.4) is 0 Å². The molecule has 5 heteroatoms. The monoisotopic (exact) mass is 222 g/mol. The molecule has 1 aromatic carbocycles. The zero-order valence-corrected chi connectivity index (χ0v) is 9.10. The Bertz CT molecular complexity index is 427. The Labute approximate surface area is 93.4 Å². The Hall–Kier alpha value is -1.62. The molecule has 0 unspecified atom stereocenters. The van der Waals surface area contributed by atoms with Gasteiger partial charge >= 0.3 is 0 Å². The Morgan fingerprint density at radius 2 is 2.25 bits per heavy atom. The van der Waals surface area contributed by atoms with Crippen LogP contribution in [-0.2, 0) is 0 Å². The number of nitro benzene ring substituents is 1. The number of benzene rings is 1. The van der Waals surface area contributed by atoms with E-state index in [-0.39, 0.29) is 11.2 Å². The summed E-state index contributed by atoms with van der Waals surface area (Å²) in [6.07, 6.45) is 1.97. The predicted octanol–water partition coefficient (Wildman–Crippen LogP) is 1.77. The lowest BCUT2D eigenvalue weighted by Gasteiger charge is -2.12. The zero-order valence-electron chi connectivity index (χ0n) is 9.10. The van der Waals surface area contributed by atoms with Gasteiger partial charge in [0.25, 0.3) is 5.69 Å². The van der Waals surface area contributed by atoms with E-state index in [2.05, 4.69) is 0 Å². The lowest BCUT2D eigenvalue weighted by Crippen LogP contribution is -2.29. The average molecular weight is 222 g/mol. The highest BCUT2D eigenvalue weighted by molar-refractivity contribution is 5.43. The van der Waals surface area contributed by atoms with Crippen LogP contribution in [0.15, 0.2) is 18.2 Å². The number of non-ortho nitro benzene ring substituents is 1. The number of aryl methyl sites for hydroxylation is 1. The van der Waals surface area contributed by atoms with Crippen LogP contribution in [0.5, 0.6) is 5.75 Å². The van der Waals surface area contributed by atoms with E-state index in [1.165, 1.54) is 12.1 Å². The first-order valence-electron chi connectivity index (χ1n) is 5.17. The molecule has 0 aliphatic heterocycles. The van der Waals surface area contributed by atoms with Crippen LogP contribution >= 0.6 is 0 Å². The minimum atomic E-state index is -0.415. The van der Waals surface area contributed by atoms with Gasteiger partial charge < -0.3 is 10.5 Å². The van der Waals surface area contributed by atoms with E-state index in [9.17, 15) is 10.1 Å². The van der Waals surface area contributed by atoms with Gasteiger partial charge in [-0.05, 0) is 31.4 Å². The third-order valence-corrected chi connectivity index (χ3v) is 2.78. The van der Waals surface area contributed by atoms with Crippen LogP contribution in [0.2, 0.25) is 0 Å². The van der Waals surface area contributed by atoms with Gasteiger partial charge in [0.2, 0.25) is 0 Å². The summed E-state index contributed by atoms with van der Waals surface area (Å²) in [5.41, 5.74) is 6.56. The lowest BCUT2D eigenvalue weighted by molar-refractivity contribution is -0.384. The maximum atomic E-state index is 10.5. The van der Waals surface area contributed by atoms with Crippen molar-refractivity contribution in [2.45, 2.75) is 25.3 Å². The number of nitrogens with two attached hydrogens (primary N) is 1. The zero-order chi connectivity index (χ0) is 11.8. The molecule has 0 radical (unpaired) electrons. The molecule has 1 saturated carbocycles. The minimum absolute atomic E-state index is 0.0822. The van der Waals surface area contributed by atoms with Crippen molar-refractivity contribution in [3.63, 3.8) is 0 Å². The van der Waals surface area contributed by atoms with Crippen molar-refractivity contribution in [3.05, 3.63) is 33.9 Å². The summed E-state index contributed by atoms with van der Waals surface area (Å²) in [5.74, 6) is 0.669. The highest BCUT2D eigenvalue weighted by Crippen LogP contribution is 2.33. The molecule has 5 nitrogen and oxygen atoms in total. The molecular formula is C11H14N2O3. The van der Waals surface area contributed by atoms with Gasteiger partial charge in [-0.25, -0.2) is 0 Å². The standard InChI is InChI=1S/C11H14N2O3/c1-8-6-9(13(14)15)2-3-10(8)16-7-11(12)4-5-11/h2-3,6H,4-5,7,12H2,1H3. The van der Waals surface area contributed by atoms with Gasteiger partial charge in [-0.2, -0.15) is 0 Å². The first-order valence-corrected chi connectivity index (χ1v) is 5.17. The molecule has 0 saturated heterocycles. The highest BCUT2D eigenvalue weighted by Gasteiger charge is 2.39. The van der Waals surface area contributed by atoms with Gasteiger partial charge in [0.15, 0.2) is 0 Å².